The number of hydrogen-bond donors (Lipinski definition) is 4. The smallest absolute Gasteiger partial charge is 0.296 e. The van der Waals surface area contributed by atoms with Gasteiger partial charge in [0.15, 0.2) is 0 Å². The van der Waals surface area contributed by atoms with Crippen molar-refractivity contribution in [1.82, 2.24) is 0 Å². The number of nitrogens with zero attached hydrogens (tertiary/aromatic N) is 2. The highest BCUT2D eigenvalue weighted by atomic mass is 79.9. The van der Waals surface area contributed by atoms with E-state index < -0.39 is 41.7 Å². The monoisotopic (exact) mass is 583 g/mol. The van der Waals surface area contributed by atoms with Crippen LogP contribution in [0.25, 0.3) is 10.8 Å². The van der Waals surface area contributed by atoms with E-state index in [9.17, 15) is 35.8 Å². The summed E-state index contributed by atoms with van der Waals surface area (Å²) in [6, 6.07) is 8.65. The van der Waals surface area contributed by atoms with Crippen molar-refractivity contribution in [3.63, 3.8) is 0 Å². The van der Waals surface area contributed by atoms with E-state index >= 15 is 0 Å². The minimum absolute atomic E-state index is 0.00492. The van der Waals surface area contributed by atoms with E-state index in [2.05, 4.69) is 38.1 Å². The minimum atomic E-state index is -4.79. The summed E-state index contributed by atoms with van der Waals surface area (Å²) in [6.45, 7) is 5.20. The number of azo groups is 1. The molecule has 14 heteroatoms. The summed E-state index contributed by atoms with van der Waals surface area (Å²) in [5, 5.41) is 21.3. The molecule has 3 rings (SSSR count). The van der Waals surface area contributed by atoms with Crippen LogP contribution in [0.4, 0.5) is 17.1 Å². The van der Waals surface area contributed by atoms with Crippen LogP contribution < -0.4 is 5.32 Å². The van der Waals surface area contributed by atoms with E-state index in [1.165, 1.54) is 18.2 Å². The summed E-state index contributed by atoms with van der Waals surface area (Å²) in [5.41, 5.74) is 0.483. The first-order valence-corrected chi connectivity index (χ1v) is 13.3. The van der Waals surface area contributed by atoms with Gasteiger partial charge in [-0.15, -0.1) is 10.2 Å². The van der Waals surface area contributed by atoms with Crippen LogP contribution in [-0.2, 0) is 31.5 Å². The molecule has 0 unspecified atom stereocenters. The Morgan fingerprint density at radius 3 is 2.29 bits per heavy atom. The number of aromatic hydroxyl groups is 1. The Kier molecular flexibility index (Phi) is 7.42. The number of nitrogens with one attached hydrogen (secondary N) is 1. The van der Waals surface area contributed by atoms with Crippen LogP contribution in [-0.4, -0.2) is 37.0 Å². The lowest BCUT2D eigenvalue weighted by atomic mass is 10.0. The van der Waals surface area contributed by atoms with Crippen LogP contribution in [0.1, 0.15) is 12.5 Å². The number of fused-ring (bicyclic) bond motifs is 1. The average Bonchev–Trinajstić information content (AvgIpc) is 2.76. The summed E-state index contributed by atoms with van der Waals surface area (Å²) < 4.78 is 65.9. The molecule has 0 saturated carbocycles. The van der Waals surface area contributed by atoms with Crippen LogP contribution in [0.5, 0.6) is 5.75 Å². The fourth-order valence-corrected chi connectivity index (χ4v) is 4.46. The van der Waals surface area contributed by atoms with Crippen molar-refractivity contribution in [2.24, 2.45) is 10.2 Å². The summed E-state index contributed by atoms with van der Waals surface area (Å²) in [4.78, 5) is 10.6. The van der Waals surface area contributed by atoms with Crippen molar-refractivity contribution < 1.29 is 35.8 Å². The lowest BCUT2D eigenvalue weighted by Crippen LogP contribution is -2.11. The Morgan fingerprint density at radius 1 is 1.03 bits per heavy atom. The quantitative estimate of drug-likeness (QED) is 0.172. The number of hydrogen-bond acceptors (Lipinski definition) is 8. The third-order valence-corrected chi connectivity index (χ3v) is 6.88. The van der Waals surface area contributed by atoms with Gasteiger partial charge in [-0.1, -0.05) is 25.6 Å². The molecule has 3 aromatic carbocycles. The van der Waals surface area contributed by atoms with Crippen LogP contribution >= 0.6 is 15.9 Å². The molecule has 0 aliphatic rings. The second-order valence-corrected chi connectivity index (χ2v) is 10.9. The van der Waals surface area contributed by atoms with E-state index in [0.29, 0.717) is 12.0 Å². The van der Waals surface area contributed by atoms with Gasteiger partial charge in [0.05, 0.1) is 14.8 Å². The summed E-state index contributed by atoms with van der Waals surface area (Å²) in [6.07, 6.45) is 0.427. The zero-order chi connectivity index (χ0) is 26.1. The average molecular weight is 584 g/mol. The zero-order valence-corrected chi connectivity index (χ0v) is 21.1. The van der Waals surface area contributed by atoms with E-state index in [1.807, 2.05) is 0 Å². The molecule has 0 aromatic heterocycles. The maximum absolute atomic E-state index is 12.0. The molecular formula is C21H18BrN3O8S2. The minimum Gasteiger partial charge on any atom is -0.507 e. The van der Waals surface area contributed by atoms with Crippen molar-refractivity contribution in [3.8, 4) is 5.75 Å². The number of benzene rings is 3. The molecule has 35 heavy (non-hydrogen) atoms. The van der Waals surface area contributed by atoms with Gasteiger partial charge < -0.3 is 10.4 Å². The van der Waals surface area contributed by atoms with Crippen molar-refractivity contribution >= 4 is 69.9 Å². The predicted molar refractivity (Wildman–Crippen MR) is 132 cm³/mol. The number of phenolic OH excluding ortho intramolecular Hbond substituents is 1. The number of carbonyl (C=O) groups is 1. The Bertz CT molecular complexity index is 1620. The van der Waals surface area contributed by atoms with Gasteiger partial charge in [-0.3, -0.25) is 13.9 Å². The molecule has 0 spiro atoms. The van der Waals surface area contributed by atoms with Gasteiger partial charge in [0.2, 0.25) is 0 Å². The molecule has 0 aliphatic carbocycles. The van der Waals surface area contributed by atoms with Gasteiger partial charge in [-0.2, -0.15) is 16.8 Å². The van der Waals surface area contributed by atoms with Crippen molar-refractivity contribution in [2.45, 2.75) is 23.1 Å². The lowest BCUT2D eigenvalue weighted by Gasteiger charge is -2.11. The molecular weight excluding hydrogens is 566 g/mol. The Balaban J connectivity index is 2.18. The summed E-state index contributed by atoms with van der Waals surface area (Å²) >= 11 is 2.90. The largest absolute Gasteiger partial charge is 0.507 e. The molecule has 1 amide bonds. The van der Waals surface area contributed by atoms with Gasteiger partial charge in [0, 0.05) is 11.8 Å². The first-order valence-electron chi connectivity index (χ1n) is 9.67. The molecule has 0 bridgehead atoms. The van der Waals surface area contributed by atoms with Gasteiger partial charge in [0.1, 0.15) is 22.0 Å². The fourth-order valence-electron chi connectivity index (χ4n) is 3.17. The van der Waals surface area contributed by atoms with Crippen LogP contribution in [0.15, 0.2) is 73.5 Å². The third-order valence-electron chi connectivity index (χ3n) is 4.81. The predicted octanol–water partition coefficient (Wildman–Crippen LogP) is 4.86. The van der Waals surface area contributed by atoms with E-state index in [0.717, 1.165) is 18.2 Å². The highest BCUT2D eigenvalue weighted by Crippen LogP contribution is 2.40. The number of aryl methyl sites for hydroxylation is 1. The molecule has 0 atom stereocenters. The third kappa shape index (κ3) is 5.91. The van der Waals surface area contributed by atoms with Crippen LogP contribution in [0, 0.1) is 0 Å². The molecule has 0 saturated heterocycles. The van der Waals surface area contributed by atoms with E-state index in [4.69, 9.17) is 0 Å². The highest BCUT2D eigenvalue weighted by Gasteiger charge is 2.20. The maximum atomic E-state index is 12.0. The van der Waals surface area contributed by atoms with Gasteiger partial charge in [-0.25, -0.2) is 0 Å². The van der Waals surface area contributed by atoms with Crippen LogP contribution in [0.3, 0.4) is 0 Å². The number of rotatable bonds is 7. The van der Waals surface area contributed by atoms with Gasteiger partial charge in [0.25, 0.3) is 26.1 Å². The number of anilines is 1. The number of halogens is 1. The normalized spacial score (nSPS) is 12.2. The van der Waals surface area contributed by atoms with Crippen molar-refractivity contribution in [1.29, 1.82) is 0 Å². The highest BCUT2D eigenvalue weighted by molar-refractivity contribution is 9.12. The zero-order valence-electron chi connectivity index (χ0n) is 17.9. The number of amides is 1. The first kappa shape index (κ1) is 26.4. The fraction of sp³-hybridized carbons (Fsp3) is 0.0952. The molecule has 0 fully saturated rings. The lowest BCUT2D eigenvalue weighted by molar-refractivity contribution is -0.112. The molecule has 3 aromatic rings. The van der Waals surface area contributed by atoms with E-state index in [1.54, 1.807) is 13.0 Å². The Hall–Kier alpha value is -3.17. The van der Waals surface area contributed by atoms with Gasteiger partial charge in [-0.05, 0) is 57.6 Å². The Labute approximate surface area is 208 Å². The second kappa shape index (κ2) is 9.83. The maximum Gasteiger partial charge on any atom is 0.296 e. The van der Waals surface area contributed by atoms with Crippen LogP contribution in [0.2, 0.25) is 0 Å². The van der Waals surface area contributed by atoms with Gasteiger partial charge >= 0.3 is 0 Å². The SMILES string of the molecule is C=C(Br)C(=O)Nc1ccc(N=Nc2c(CC)ccc3cc(S(=O)(=O)O)cc(O)c23)c(S(=O)(=O)O)c1. The first-order chi connectivity index (χ1) is 16.2. The molecule has 0 radical (unpaired) electrons. The van der Waals surface area contributed by atoms with Crippen molar-refractivity contribution in [3.05, 3.63) is 59.1 Å². The molecule has 11 nitrogen and oxygen atoms in total. The number of phenols is 1. The molecule has 4 N–H and O–H groups in total. The van der Waals surface area contributed by atoms with Crippen molar-refractivity contribution in [2.75, 3.05) is 5.32 Å². The van der Waals surface area contributed by atoms with E-state index in [-0.39, 0.29) is 32.3 Å². The number of carbonyl (C=O) groups excluding carboxylic acids is 1. The second-order valence-electron chi connectivity index (χ2n) is 7.16. The Morgan fingerprint density at radius 2 is 1.71 bits per heavy atom. The molecule has 0 aliphatic heterocycles. The topological polar surface area (TPSA) is 183 Å². The summed E-state index contributed by atoms with van der Waals surface area (Å²) in [7, 11) is -9.38. The molecule has 0 heterocycles. The molecule has 184 valence electrons. The summed E-state index contributed by atoms with van der Waals surface area (Å²) in [5.74, 6) is -1.13. The standard InChI is InChI=1S/C21H18BrN3O8S2/c1-3-12-4-5-13-8-15(34(28,29)30)10-17(26)19(13)20(12)25-24-16-7-6-14(23-21(27)11(2)22)9-18(16)35(31,32)33/h4-10,26H,2-3H2,1H3,(H,23,27)(H,28,29,30)(H,31,32,33).